The fraction of sp³-hybridized carbons (Fsp3) is 0.786. The van der Waals surface area contributed by atoms with E-state index in [-0.39, 0.29) is 11.6 Å². The molecule has 0 bridgehead atoms. The number of thiazole rings is 1. The maximum absolute atomic E-state index is 6.11. The summed E-state index contributed by atoms with van der Waals surface area (Å²) in [6.07, 6.45) is 4.07. The van der Waals surface area contributed by atoms with Crippen LogP contribution in [0.4, 0.5) is 0 Å². The van der Waals surface area contributed by atoms with Gasteiger partial charge in [0.15, 0.2) is 0 Å². The number of aromatic nitrogens is 1. The van der Waals surface area contributed by atoms with Gasteiger partial charge >= 0.3 is 0 Å². The quantitative estimate of drug-likeness (QED) is 0.659. The summed E-state index contributed by atoms with van der Waals surface area (Å²) < 4.78 is 11.6. The smallest absolute Gasteiger partial charge is 0.0898 e. The molecule has 3 N–H and O–H groups in total. The first-order valence-electron chi connectivity index (χ1n) is 7.32. The zero-order valence-corrected chi connectivity index (χ0v) is 12.7. The van der Waals surface area contributed by atoms with Crippen molar-refractivity contribution in [3.8, 4) is 0 Å². The zero-order chi connectivity index (χ0) is 14.0. The lowest BCUT2D eigenvalue weighted by Gasteiger charge is -2.45. The summed E-state index contributed by atoms with van der Waals surface area (Å²) in [5.74, 6) is 6.29. The largest absolute Gasteiger partial charge is 0.381 e. The van der Waals surface area contributed by atoms with Crippen LogP contribution in [0.25, 0.3) is 0 Å². The monoisotopic (exact) mass is 297 g/mol. The van der Waals surface area contributed by atoms with E-state index in [1.54, 1.807) is 11.3 Å². The number of hydrogen-bond donors (Lipinski definition) is 2. The van der Waals surface area contributed by atoms with Gasteiger partial charge in [-0.1, -0.05) is 0 Å². The van der Waals surface area contributed by atoms with Gasteiger partial charge in [-0.05, 0) is 38.5 Å². The molecule has 3 rings (SSSR count). The molecule has 6 heteroatoms. The molecule has 3 heterocycles. The van der Waals surface area contributed by atoms with Crippen LogP contribution in [0.15, 0.2) is 5.38 Å². The molecule has 2 aliphatic heterocycles. The lowest BCUT2D eigenvalue weighted by Crippen LogP contribution is -2.47. The molecule has 0 amide bonds. The van der Waals surface area contributed by atoms with Crippen LogP contribution >= 0.6 is 11.3 Å². The van der Waals surface area contributed by atoms with Gasteiger partial charge in [0, 0.05) is 25.2 Å². The summed E-state index contributed by atoms with van der Waals surface area (Å²) in [4.78, 5) is 4.60. The summed E-state index contributed by atoms with van der Waals surface area (Å²) in [6.45, 7) is 4.46. The molecule has 0 aliphatic carbocycles. The van der Waals surface area contributed by atoms with Crippen molar-refractivity contribution < 1.29 is 9.47 Å². The van der Waals surface area contributed by atoms with E-state index in [1.165, 1.54) is 0 Å². The van der Waals surface area contributed by atoms with E-state index in [0.29, 0.717) is 5.92 Å². The third-order valence-corrected chi connectivity index (χ3v) is 5.33. The van der Waals surface area contributed by atoms with Gasteiger partial charge in [-0.15, -0.1) is 11.3 Å². The van der Waals surface area contributed by atoms with Crippen molar-refractivity contribution in [3.05, 3.63) is 16.1 Å². The fourth-order valence-electron chi connectivity index (χ4n) is 3.43. The van der Waals surface area contributed by atoms with Crippen molar-refractivity contribution >= 4 is 11.3 Å². The van der Waals surface area contributed by atoms with E-state index in [9.17, 15) is 0 Å². The Balaban J connectivity index is 1.74. The van der Waals surface area contributed by atoms with Crippen molar-refractivity contribution in [1.82, 2.24) is 10.4 Å². The van der Waals surface area contributed by atoms with Crippen LogP contribution in [0, 0.1) is 12.8 Å². The zero-order valence-electron chi connectivity index (χ0n) is 11.9. The Hall–Kier alpha value is -0.530. The molecule has 112 valence electrons. The first-order valence-corrected chi connectivity index (χ1v) is 8.20. The number of hydrogen-bond acceptors (Lipinski definition) is 6. The maximum atomic E-state index is 6.11. The predicted octanol–water partition coefficient (Wildman–Crippen LogP) is 1.93. The van der Waals surface area contributed by atoms with Gasteiger partial charge in [-0.2, -0.15) is 0 Å². The van der Waals surface area contributed by atoms with Crippen LogP contribution in [0.5, 0.6) is 0 Å². The molecule has 2 fully saturated rings. The second kappa shape index (κ2) is 6.07. The first kappa shape index (κ1) is 14.4. The summed E-state index contributed by atoms with van der Waals surface area (Å²) in [5, 5.41) is 3.21. The molecule has 2 unspecified atom stereocenters. The highest BCUT2D eigenvalue weighted by molar-refractivity contribution is 7.09. The number of ether oxygens (including phenoxy) is 2. The van der Waals surface area contributed by atoms with E-state index in [1.807, 2.05) is 6.92 Å². The molecular formula is C14H23N3O2S. The molecular weight excluding hydrogens is 274 g/mol. The number of hydrazine groups is 1. The molecule has 0 aromatic carbocycles. The Bertz CT molecular complexity index is 440. The Labute approximate surface area is 123 Å². The van der Waals surface area contributed by atoms with Gasteiger partial charge in [-0.25, -0.2) is 4.98 Å². The highest BCUT2D eigenvalue weighted by Crippen LogP contribution is 2.41. The average molecular weight is 297 g/mol. The molecule has 2 atom stereocenters. The molecule has 2 saturated heterocycles. The average Bonchev–Trinajstić information content (AvgIpc) is 2.87. The summed E-state index contributed by atoms with van der Waals surface area (Å²) in [6, 6.07) is 0.128. The number of rotatable bonds is 3. The van der Waals surface area contributed by atoms with Crippen LogP contribution in [0.3, 0.4) is 0 Å². The Kier molecular flexibility index (Phi) is 4.37. The van der Waals surface area contributed by atoms with Crippen LogP contribution in [-0.4, -0.2) is 30.4 Å². The van der Waals surface area contributed by atoms with Gasteiger partial charge in [-0.3, -0.25) is 11.3 Å². The third-order valence-electron chi connectivity index (χ3n) is 4.54. The Morgan fingerprint density at radius 1 is 1.45 bits per heavy atom. The topological polar surface area (TPSA) is 69.4 Å². The maximum Gasteiger partial charge on any atom is 0.0898 e. The minimum Gasteiger partial charge on any atom is -0.381 e. The molecule has 5 nitrogen and oxygen atoms in total. The van der Waals surface area contributed by atoms with Gasteiger partial charge in [0.05, 0.1) is 22.3 Å². The number of nitrogens with zero attached hydrogens (tertiary/aromatic N) is 1. The van der Waals surface area contributed by atoms with Crippen LogP contribution in [0.2, 0.25) is 0 Å². The SMILES string of the molecule is Cc1nc(C(NN)C2CCOC3(CCOCC3)C2)cs1. The van der Waals surface area contributed by atoms with Crippen LogP contribution < -0.4 is 11.3 Å². The molecule has 20 heavy (non-hydrogen) atoms. The van der Waals surface area contributed by atoms with Crippen molar-refractivity contribution in [2.24, 2.45) is 11.8 Å². The molecule has 0 saturated carbocycles. The summed E-state index contributed by atoms with van der Waals surface area (Å²) in [7, 11) is 0. The normalized spacial score (nSPS) is 27.6. The Morgan fingerprint density at radius 2 is 2.25 bits per heavy atom. The number of nitrogens with two attached hydrogens (primary N) is 1. The van der Waals surface area contributed by atoms with E-state index < -0.39 is 0 Å². The molecule has 1 spiro atoms. The second-order valence-corrected chi connectivity index (χ2v) is 6.89. The van der Waals surface area contributed by atoms with E-state index in [2.05, 4.69) is 15.8 Å². The van der Waals surface area contributed by atoms with E-state index in [4.69, 9.17) is 15.3 Å². The lowest BCUT2D eigenvalue weighted by molar-refractivity contribution is -0.150. The lowest BCUT2D eigenvalue weighted by atomic mass is 9.77. The van der Waals surface area contributed by atoms with Gasteiger partial charge in [0.25, 0.3) is 0 Å². The van der Waals surface area contributed by atoms with Crippen LogP contribution in [-0.2, 0) is 9.47 Å². The standard InChI is InChI=1S/C14H23N3O2S/c1-10-16-12(9-20-10)13(17-15)11-2-5-19-14(8-11)3-6-18-7-4-14/h9,11,13,17H,2-8,15H2,1H3. The van der Waals surface area contributed by atoms with Gasteiger partial charge in [0.1, 0.15) is 0 Å². The van der Waals surface area contributed by atoms with E-state index >= 15 is 0 Å². The van der Waals surface area contributed by atoms with Crippen molar-refractivity contribution in [1.29, 1.82) is 0 Å². The van der Waals surface area contributed by atoms with Gasteiger partial charge < -0.3 is 9.47 Å². The van der Waals surface area contributed by atoms with Crippen LogP contribution in [0.1, 0.15) is 42.4 Å². The highest BCUT2D eigenvalue weighted by atomic mass is 32.1. The fourth-order valence-corrected chi connectivity index (χ4v) is 4.08. The highest BCUT2D eigenvalue weighted by Gasteiger charge is 2.41. The first-order chi connectivity index (χ1) is 9.72. The number of aryl methyl sites for hydroxylation is 1. The Morgan fingerprint density at radius 3 is 2.90 bits per heavy atom. The van der Waals surface area contributed by atoms with Crippen molar-refractivity contribution in [3.63, 3.8) is 0 Å². The number of nitrogens with one attached hydrogen (secondary N) is 1. The minimum atomic E-state index is 0.00132. The van der Waals surface area contributed by atoms with E-state index in [0.717, 1.165) is 56.2 Å². The molecule has 1 aromatic heterocycles. The summed E-state index contributed by atoms with van der Waals surface area (Å²) in [5.41, 5.74) is 4.06. The molecule has 2 aliphatic rings. The van der Waals surface area contributed by atoms with Crippen molar-refractivity contribution in [2.75, 3.05) is 19.8 Å². The summed E-state index contributed by atoms with van der Waals surface area (Å²) >= 11 is 1.68. The third kappa shape index (κ3) is 2.89. The predicted molar refractivity (Wildman–Crippen MR) is 78.4 cm³/mol. The van der Waals surface area contributed by atoms with Gasteiger partial charge in [0.2, 0.25) is 0 Å². The molecule has 1 aromatic rings. The second-order valence-electron chi connectivity index (χ2n) is 5.83. The minimum absolute atomic E-state index is 0.00132. The van der Waals surface area contributed by atoms with Crippen molar-refractivity contribution in [2.45, 2.75) is 44.2 Å². The molecule has 0 radical (unpaired) electrons.